The molecule has 0 saturated heterocycles. The maximum atomic E-state index is 10.9. The summed E-state index contributed by atoms with van der Waals surface area (Å²) in [6, 6.07) is 6.51. The van der Waals surface area contributed by atoms with Crippen LogP contribution < -0.4 is 5.32 Å². The van der Waals surface area contributed by atoms with E-state index in [9.17, 15) is 4.79 Å². The van der Waals surface area contributed by atoms with Crippen molar-refractivity contribution in [3.8, 4) is 0 Å². The number of rotatable bonds is 6. The summed E-state index contributed by atoms with van der Waals surface area (Å²) in [5.41, 5.74) is 3.99. The molecule has 3 heteroatoms. The highest BCUT2D eigenvalue weighted by Gasteiger charge is 2.00. The highest BCUT2D eigenvalue weighted by molar-refractivity contribution is 5.69. The molecular weight excluding hydrogens is 214 g/mol. The van der Waals surface area contributed by atoms with E-state index in [0.29, 0.717) is 13.0 Å². The molecule has 1 aromatic rings. The predicted molar refractivity (Wildman–Crippen MR) is 69.1 cm³/mol. The summed E-state index contributed by atoms with van der Waals surface area (Å²) < 4.78 is 4.57. The SMILES string of the molecule is COC(=O)CCNCCc1ccc(C)cc1C. The van der Waals surface area contributed by atoms with Crippen LogP contribution in [0.4, 0.5) is 0 Å². The zero-order valence-corrected chi connectivity index (χ0v) is 10.9. The number of hydrogen-bond donors (Lipinski definition) is 1. The molecule has 17 heavy (non-hydrogen) atoms. The third-order valence-electron chi connectivity index (χ3n) is 2.80. The number of carbonyl (C=O) groups is 1. The van der Waals surface area contributed by atoms with Gasteiger partial charge in [-0.3, -0.25) is 4.79 Å². The fourth-order valence-corrected chi connectivity index (χ4v) is 1.77. The van der Waals surface area contributed by atoms with Crippen molar-refractivity contribution in [3.05, 3.63) is 34.9 Å². The predicted octanol–water partition coefficient (Wildman–Crippen LogP) is 2.00. The summed E-state index contributed by atoms with van der Waals surface area (Å²) >= 11 is 0. The minimum Gasteiger partial charge on any atom is -0.469 e. The van der Waals surface area contributed by atoms with Crippen molar-refractivity contribution in [1.82, 2.24) is 5.32 Å². The van der Waals surface area contributed by atoms with Crippen molar-refractivity contribution in [2.45, 2.75) is 26.7 Å². The zero-order chi connectivity index (χ0) is 12.7. The summed E-state index contributed by atoms with van der Waals surface area (Å²) in [7, 11) is 1.41. The van der Waals surface area contributed by atoms with Crippen LogP contribution in [0.5, 0.6) is 0 Å². The molecule has 0 heterocycles. The largest absolute Gasteiger partial charge is 0.469 e. The molecule has 0 spiro atoms. The first kappa shape index (κ1) is 13.7. The lowest BCUT2D eigenvalue weighted by Gasteiger charge is -2.07. The molecule has 0 bridgehead atoms. The molecule has 1 N–H and O–H groups in total. The quantitative estimate of drug-likeness (QED) is 0.605. The van der Waals surface area contributed by atoms with Crippen molar-refractivity contribution in [3.63, 3.8) is 0 Å². The van der Waals surface area contributed by atoms with E-state index in [2.05, 4.69) is 42.1 Å². The van der Waals surface area contributed by atoms with Crippen LogP contribution in [0.15, 0.2) is 18.2 Å². The van der Waals surface area contributed by atoms with E-state index in [4.69, 9.17) is 0 Å². The highest BCUT2D eigenvalue weighted by atomic mass is 16.5. The number of nitrogens with one attached hydrogen (secondary N) is 1. The van der Waals surface area contributed by atoms with E-state index >= 15 is 0 Å². The Morgan fingerprint density at radius 2 is 2.06 bits per heavy atom. The Balaban J connectivity index is 2.24. The van der Waals surface area contributed by atoms with E-state index < -0.39 is 0 Å². The van der Waals surface area contributed by atoms with Crippen LogP contribution in [0.25, 0.3) is 0 Å². The smallest absolute Gasteiger partial charge is 0.306 e. The number of ether oxygens (including phenoxy) is 1. The van der Waals surface area contributed by atoms with E-state index in [1.807, 2.05) is 0 Å². The first-order valence-corrected chi connectivity index (χ1v) is 5.97. The Labute approximate surface area is 103 Å². The molecule has 0 atom stereocenters. The maximum absolute atomic E-state index is 10.9. The summed E-state index contributed by atoms with van der Waals surface area (Å²) in [5, 5.41) is 3.24. The lowest BCUT2D eigenvalue weighted by Crippen LogP contribution is -2.21. The topological polar surface area (TPSA) is 38.3 Å². The van der Waals surface area contributed by atoms with Crippen LogP contribution in [-0.4, -0.2) is 26.2 Å². The van der Waals surface area contributed by atoms with Crippen LogP contribution in [0.2, 0.25) is 0 Å². The number of esters is 1. The fourth-order valence-electron chi connectivity index (χ4n) is 1.77. The Kier molecular flexibility index (Phi) is 5.70. The van der Waals surface area contributed by atoms with Gasteiger partial charge in [0.2, 0.25) is 0 Å². The summed E-state index contributed by atoms with van der Waals surface area (Å²) in [6.45, 7) is 5.81. The first-order valence-electron chi connectivity index (χ1n) is 5.97. The van der Waals surface area contributed by atoms with Gasteiger partial charge in [0.25, 0.3) is 0 Å². The van der Waals surface area contributed by atoms with Gasteiger partial charge in [-0.15, -0.1) is 0 Å². The first-order chi connectivity index (χ1) is 8.13. The van der Waals surface area contributed by atoms with Crippen LogP contribution in [-0.2, 0) is 16.0 Å². The van der Waals surface area contributed by atoms with Gasteiger partial charge in [0.15, 0.2) is 0 Å². The number of methoxy groups -OCH3 is 1. The Hall–Kier alpha value is -1.35. The second kappa shape index (κ2) is 7.07. The number of hydrogen-bond acceptors (Lipinski definition) is 3. The van der Waals surface area contributed by atoms with Crippen molar-refractivity contribution >= 4 is 5.97 Å². The molecule has 94 valence electrons. The normalized spacial score (nSPS) is 10.3. The van der Waals surface area contributed by atoms with Gasteiger partial charge in [-0.2, -0.15) is 0 Å². The molecule has 0 fully saturated rings. The molecule has 0 aliphatic carbocycles. The molecule has 1 rings (SSSR count). The van der Waals surface area contributed by atoms with E-state index in [1.54, 1.807) is 0 Å². The van der Waals surface area contributed by atoms with Crippen LogP contribution in [0, 0.1) is 13.8 Å². The lowest BCUT2D eigenvalue weighted by atomic mass is 10.0. The lowest BCUT2D eigenvalue weighted by molar-refractivity contribution is -0.140. The molecule has 0 saturated carbocycles. The molecule has 0 amide bonds. The van der Waals surface area contributed by atoms with E-state index in [1.165, 1.54) is 23.8 Å². The maximum Gasteiger partial charge on any atom is 0.306 e. The Morgan fingerprint density at radius 3 is 2.71 bits per heavy atom. The molecule has 1 aromatic carbocycles. The van der Waals surface area contributed by atoms with Crippen LogP contribution in [0.1, 0.15) is 23.1 Å². The van der Waals surface area contributed by atoms with E-state index in [-0.39, 0.29) is 5.97 Å². The number of benzene rings is 1. The third kappa shape index (κ3) is 5.00. The van der Waals surface area contributed by atoms with Crippen molar-refractivity contribution in [1.29, 1.82) is 0 Å². The summed E-state index contributed by atoms with van der Waals surface area (Å²) in [4.78, 5) is 10.9. The Bertz CT molecular complexity index is 374. The molecule has 0 aliphatic heterocycles. The fraction of sp³-hybridized carbons (Fsp3) is 0.500. The Morgan fingerprint density at radius 1 is 1.29 bits per heavy atom. The second-order valence-electron chi connectivity index (χ2n) is 4.26. The van der Waals surface area contributed by atoms with Gasteiger partial charge < -0.3 is 10.1 Å². The van der Waals surface area contributed by atoms with Gasteiger partial charge in [-0.25, -0.2) is 0 Å². The molecule has 0 aliphatic rings. The van der Waals surface area contributed by atoms with Crippen molar-refractivity contribution < 1.29 is 9.53 Å². The minimum atomic E-state index is -0.163. The number of carbonyl (C=O) groups excluding carboxylic acids is 1. The van der Waals surface area contributed by atoms with Gasteiger partial charge in [-0.1, -0.05) is 23.8 Å². The van der Waals surface area contributed by atoms with Gasteiger partial charge in [-0.05, 0) is 37.9 Å². The van der Waals surface area contributed by atoms with Crippen molar-refractivity contribution in [2.24, 2.45) is 0 Å². The second-order valence-corrected chi connectivity index (χ2v) is 4.26. The molecule has 0 radical (unpaired) electrons. The molecule has 0 aromatic heterocycles. The molecule has 3 nitrogen and oxygen atoms in total. The zero-order valence-electron chi connectivity index (χ0n) is 10.9. The molecular formula is C14H21NO2. The standard InChI is InChI=1S/C14H21NO2/c1-11-4-5-13(12(2)10-11)6-8-15-9-7-14(16)17-3/h4-5,10,15H,6-9H2,1-3H3. The van der Waals surface area contributed by atoms with Gasteiger partial charge >= 0.3 is 5.97 Å². The van der Waals surface area contributed by atoms with Gasteiger partial charge in [0, 0.05) is 6.54 Å². The monoisotopic (exact) mass is 235 g/mol. The molecule has 0 unspecified atom stereocenters. The summed E-state index contributed by atoms with van der Waals surface area (Å²) in [5.74, 6) is -0.163. The van der Waals surface area contributed by atoms with Gasteiger partial charge in [0.05, 0.1) is 13.5 Å². The average Bonchev–Trinajstić information content (AvgIpc) is 2.30. The summed E-state index contributed by atoms with van der Waals surface area (Å²) in [6.07, 6.45) is 1.43. The minimum absolute atomic E-state index is 0.163. The van der Waals surface area contributed by atoms with Gasteiger partial charge in [0.1, 0.15) is 0 Å². The van der Waals surface area contributed by atoms with Crippen LogP contribution in [0.3, 0.4) is 0 Å². The highest BCUT2D eigenvalue weighted by Crippen LogP contribution is 2.10. The van der Waals surface area contributed by atoms with E-state index in [0.717, 1.165) is 13.0 Å². The average molecular weight is 235 g/mol. The van der Waals surface area contributed by atoms with Crippen LogP contribution >= 0.6 is 0 Å². The number of aryl methyl sites for hydroxylation is 2. The van der Waals surface area contributed by atoms with Crippen molar-refractivity contribution in [2.75, 3.05) is 20.2 Å². The third-order valence-corrected chi connectivity index (χ3v) is 2.80.